The summed E-state index contributed by atoms with van der Waals surface area (Å²) in [6.45, 7) is -1.66. The van der Waals surface area contributed by atoms with Crippen LogP contribution in [0.5, 0.6) is 0 Å². The Balaban J connectivity index is 1.29. The van der Waals surface area contributed by atoms with Crippen LogP contribution in [0, 0.1) is 17.6 Å². The van der Waals surface area contributed by atoms with Crippen molar-refractivity contribution < 1.29 is 58.2 Å². The second kappa shape index (κ2) is 17.9. The van der Waals surface area contributed by atoms with Gasteiger partial charge < -0.3 is 15.2 Å². The minimum atomic E-state index is -4.03. The van der Waals surface area contributed by atoms with Gasteiger partial charge in [-0.05, 0) is 73.1 Å². The Kier molecular flexibility index (Phi) is 12.5. The topological polar surface area (TPSA) is 188 Å². The maximum atomic E-state index is 15.7. The summed E-state index contributed by atoms with van der Waals surface area (Å²) in [4.78, 5) is 39.2. The predicted molar refractivity (Wildman–Crippen MR) is 233 cm³/mol. The second-order valence-electron chi connectivity index (χ2n) is 17.7. The average molecular weight is 1010 g/mol. The lowest BCUT2D eigenvalue weighted by atomic mass is 9.84. The molecule has 0 aliphatic heterocycles. The van der Waals surface area contributed by atoms with Crippen molar-refractivity contribution in [1.82, 2.24) is 39.4 Å². The molecule has 2 saturated carbocycles. The fourth-order valence-electron chi connectivity index (χ4n) is 9.76. The number of ether oxygens (including phenoxy) is 1. The molecular weight excluding hydrogens is 970 g/mol. The number of carbonyl (C=O) groups is 1. The SMILES string of the molecule is COCCCn1nc(NS(C)(=O)=O)c2c(Cl)ccc(-n3c([C@H](Cc4cc(F)cc(F)c4)NC(=O)Cn4nc(C(F)F)c5c4C(F)(F)[C@@H]4C[C@H]54)nc4nc(C5CCC(F)(F)CC5)cc(CO)c4c3=O)c21. The third-order valence-electron chi connectivity index (χ3n) is 12.8. The zero-order valence-corrected chi connectivity index (χ0v) is 38.1. The number of halogens is 9. The van der Waals surface area contributed by atoms with E-state index in [2.05, 4.69) is 25.2 Å². The quantitative estimate of drug-likeness (QED) is 0.0641. The number of hydrogen-bond acceptors (Lipinski definition) is 10. The molecule has 4 heterocycles. The third-order valence-corrected chi connectivity index (χ3v) is 13.7. The number of aromatic nitrogens is 7. The summed E-state index contributed by atoms with van der Waals surface area (Å²) < 4.78 is 154. The van der Waals surface area contributed by atoms with E-state index in [4.69, 9.17) is 21.3 Å². The van der Waals surface area contributed by atoms with Gasteiger partial charge in [-0.1, -0.05) is 11.6 Å². The standard InChI is InChI=1S/C44H42ClF8N9O6S/c1-68-11-3-10-60-36-30(5-4-27(45)34(36)40(58-60)59-69(2,66)67)62-41(56-39-32(42(62)65)22(19-63)15-28(55-39)21-6-8-43(50,51)9-7-21)29(14-20-12-23(46)16-24(47)13-20)54-31(64)18-61-37-33(35(57-61)38(48)49)25-17-26(25)44(37,52)53/h4-5,12-13,15-16,21,25-26,29,38,63H,3,6-11,14,17-19H2,1-2H3,(H,54,64)(H,58,59)/t25-,26+,29-/m0/s1. The zero-order valence-electron chi connectivity index (χ0n) is 36.6. The molecule has 3 aliphatic carbocycles. The fraction of sp³-hybridized carbons (Fsp3) is 0.455. The van der Waals surface area contributed by atoms with E-state index in [0.29, 0.717) is 10.7 Å². The first-order valence-corrected chi connectivity index (χ1v) is 24.0. The number of amides is 1. The van der Waals surface area contributed by atoms with E-state index >= 15 is 13.6 Å². The van der Waals surface area contributed by atoms with Gasteiger partial charge in [0.05, 0.1) is 45.9 Å². The molecule has 1 amide bonds. The summed E-state index contributed by atoms with van der Waals surface area (Å²) in [7, 11) is -2.59. The van der Waals surface area contributed by atoms with Crippen LogP contribution in [0.15, 0.2) is 41.2 Å². The van der Waals surface area contributed by atoms with Crippen LogP contribution in [0.3, 0.4) is 0 Å². The number of aryl methyl sites for hydroxylation is 1. The summed E-state index contributed by atoms with van der Waals surface area (Å²) in [5.41, 5.74) is -3.48. The highest BCUT2D eigenvalue weighted by Gasteiger charge is 2.67. The number of alkyl halides is 6. The Morgan fingerprint density at radius 3 is 2.38 bits per heavy atom. The van der Waals surface area contributed by atoms with Gasteiger partial charge in [-0.25, -0.2) is 44.7 Å². The van der Waals surface area contributed by atoms with E-state index < -0.39 is 125 Å². The number of aliphatic hydroxyl groups is 1. The number of sulfonamides is 1. The van der Waals surface area contributed by atoms with Crippen molar-refractivity contribution in [3.8, 4) is 5.69 Å². The van der Waals surface area contributed by atoms with Crippen LogP contribution in [0.1, 0.15) is 102 Å². The van der Waals surface area contributed by atoms with E-state index in [1.165, 1.54) is 30.0 Å². The molecule has 0 saturated heterocycles. The fourth-order valence-corrected chi connectivity index (χ4v) is 10.5. The maximum Gasteiger partial charge on any atom is 0.293 e. The van der Waals surface area contributed by atoms with Gasteiger partial charge in [-0.2, -0.15) is 19.0 Å². The highest BCUT2D eigenvalue weighted by molar-refractivity contribution is 7.92. The number of rotatable bonds is 16. The predicted octanol–water partition coefficient (Wildman–Crippen LogP) is 7.70. The summed E-state index contributed by atoms with van der Waals surface area (Å²) in [6, 6.07) is 4.77. The number of pyridine rings is 1. The van der Waals surface area contributed by atoms with Crippen molar-refractivity contribution >= 4 is 55.3 Å². The Labute approximate surface area is 391 Å². The normalized spacial score (nSPS) is 19.0. The number of carbonyl (C=O) groups excluding carboxylic acids is 1. The van der Waals surface area contributed by atoms with Crippen LogP contribution in [-0.4, -0.2) is 79.4 Å². The molecule has 368 valence electrons. The lowest BCUT2D eigenvalue weighted by Gasteiger charge is -2.28. The second-order valence-corrected chi connectivity index (χ2v) is 19.8. The first kappa shape index (κ1) is 48.3. The highest BCUT2D eigenvalue weighted by Crippen LogP contribution is 2.68. The van der Waals surface area contributed by atoms with Gasteiger partial charge >= 0.3 is 0 Å². The number of methoxy groups -OCH3 is 1. The van der Waals surface area contributed by atoms with Crippen molar-refractivity contribution in [3.63, 3.8) is 0 Å². The van der Waals surface area contributed by atoms with Crippen molar-refractivity contribution in [2.45, 2.75) is 101 Å². The summed E-state index contributed by atoms with van der Waals surface area (Å²) in [5.74, 6) is -13.2. The Morgan fingerprint density at radius 2 is 1.72 bits per heavy atom. The van der Waals surface area contributed by atoms with E-state index in [9.17, 15) is 44.7 Å². The molecule has 0 unspecified atom stereocenters. The third kappa shape index (κ3) is 9.15. The molecule has 0 bridgehead atoms. The van der Waals surface area contributed by atoms with Gasteiger partial charge in [0.1, 0.15) is 35.4 Å². The Hall–Kier alpha value is -5.72. The van der Waals surface area contributed by atoms with Crippen molar-refractivity contribution in [1.29, 1.82) is 0 Å². The molecule has 3 N–H and O–H groups in total. The van der Waals surface area contributed by atoms with Gasteiger partial charge in [0, 0.05) is 68.7 Å². The largest absolute Gasteiger partial charge is 0.392 e. The minimum Gasteiger partial charge on any atom is -0.392 e. The number of anilines is 1. The van der Waals surface area contributed by atoms with Gasteiger partial charge in [0.15, 0.2) is 11.5 Å². The van der Waals surface area contributed by atoms with Gasteiger partial charge in [-0.3, -0.25) is 28.2 Å². The van der Waals surface area contributed by atoms with Crippen molar-refractivity contribution in [2.75, 3.05) is 24.7 Å². The van der Waals surface area contributed by atoms with Crippen LogP contribution in [-0.2, 0) is 51.6 Å². The zero-order chi connectivity index (χ0) is 49.5. The lowest BCUT2D eigenvalue weighted by Crippen LogP contribution is -2.38. The Bertz CT molecular complexity index is 3190. The molecule has 25 heteroatoms. The molecule has 9 rings (SSSR count). The van der Waals surface area contributed by atoms with Crippen LogP contribution in [0.2, 0.25) is 5.02 Å². The smallest absolute Gasteiger partial charge is 0.293 e. The van der Waals surface area contributed by atoms with Crippen LogP contribution < -0.4 is 15.6 Å². The molecule has 6 aromatic rings. The number of nitrogens with zero attached hydrogens (tertiary/aromatic N) is 7. The number of fused-ring (bicyclic) bond motifs is 5. The number of benzene rings is 2. The van der Waals surface area contributed by atoms with Crippen LogP contribution in [0.4, 0.5) is 40.9 Å². The van der Waals surface area contributed by atoms with Crippen LogP contribution in [0.25, 0.3) is 27.6 Å². The molecule has 3 atom stereocenters. The van der Waals surface area contributed by atoms with Crippen molar-refractivity contribution in [3.05, 3.63) is 103 Å². The van der Waals surface area contributed by atoms with Crippen molar-refractivity contribution in [2.24, 2.45) is 5.92 Å². The number of hydrogen-bond donors (Lipinski definition) is 3. The van der Waals surface area contributed by atoms with E-state index in [-0.39, 0.29) is 99.7 Å². The van der Waals surface area contributed by atoms with E-state index in [1.54, 1.807) is 0 Å². The highest BCUT2D eigenvalue weighted by atomic mass is 35.5. The first-order chi connectivity index (χ1) is 32.6. The number of nitrogens with one attached hydrogen (secondary N) is 2. The van der Waals surface area contributed by atoms with E-state index in [0.717, 1.165) is 23.0 Å². The minimum absolute atomic E-state index is 0.0156. The van der Waals surface area contributed by atoms with Gasteiger partial charge in [0.25, 0.3) is 17.9 Å². The summed E-state index contributed by atoms with van der Waals surface area (Å²) >= 11 is 6.75. The molecule has 3 aliphatic rings. The lowest BCUT2D eigenvalue weighted by molar-refractivity contribution is -0.123. The monoisotopic (exact) mass is 1010 g/mol. The van der Waals surface area contributed by atoms with E-state index in [1.807, 2.05) is 0 Å². The molecule has 2 fully saturated rings. The number of aliphatic hydroxyl groups excluding tert-OH is 1. The molecule has 0 spiro atoms. The first-order valence-electron chi connectivity index (χ1n) is 21.7. The molecule has 2 aromatic carbocycles. The molecule has 15 nitrogen and oxygen atoms in total. The molecule has 69 heavy (non-hydrogen) atoms. The van der Waals surface area contributed by atoms with Gasteiger partial charge in [0.2, 0.25) is 21.9 Å². The summed E-state index contributed by atoms with van der Waals surface area (Å²) in [6.07, 6.45) is -3.75. The maximum absolute atomic E-state index is 15.7. The molecule has 0 radical (unpaired) electrons. The summed E-state index contributed by atoms with van der Waals surface area (Å²) in [5, 5.41) is 21.2. The average Bonchev–Trinajstić information content (AvgIpc) is 3.78. The molecular formula is C44H42ClF8N9O6S. The molecule has 4 aromatic heterocycles. The van der Waals surface area contributed by atoms with Gasteiger partial charge in [-0.15, -0.1) is 0 Å². The van der Waals surface area contributed by atoms with Crippen LogP contribution >= 0.6 is 11.6 Å². The Morgan fingerprint density at radius 1 is 1.01 bits per heavy atom.